The van der Waals surface area contributed by atoms with Gasteiger partial charge in [-0.3, -0.25) is 11.3 Å². The fourth-order valence-corrected chi connectivity index (χ4v) is 1.78. The second kappa shape index (κ2) is 6.36. The van der Waals surface area contributed by atoms with E-state index in [1.54, 1.807) is 12.1 Å². The highest BCUT2D eigenvalue weighted by atomic mass is 19.1. The Hall–Kier alpha value is -2.12. The Labute approximate surface area is 114 Å². The van der Waals surface area contributed by atoms with Crippen LogP contribution >= 0.6 is 0 Å². The highest BCUT2D eigenvalue weighted by molar-refractivity contribution is 5.22. The van der Waals surface area contributed by atoms with Crippen LogP contribution in [0.3, 0.4) is 0 Å². The Balaban J connectivity index is 2.19. The number of aromatic nitrogens is 2. The van der Waals surface area contributed by atoms with E-state index in [9.17, 15) is 8.78 Å². The van der Waals surface area contributed by atoms with Crippen molar-refractivity contribution in [1.82, 2.24) is 15.6 Å². The van der Waals surface area contributed by atoms with Crippen molar-refractivity contribution in [2.24, 2.45) is 5.84 Å². The van der Waals surface area contributed by atoms with Crippen LogP contribution in [0.5, 0.6) is 5.88 Å². The average molecular weight is 280 g/mol. The first-order valence-corrected chi connectivity index (χ1v) is 5.91. The van der Waals surface area contributed by atoms with Gasteiger partial charge >= 0.3 is 0 Å². The number of hydrazine groups is 1. The molecule has 7 heteroatoms. The summed E-state index contributed by atoms with van der Waals surface area (Å²) >= 11 is 0. The summed E-state index contributed by atoms with van der Waals surface area (Å²) in [6, 6.07) is 6.29. The number of nitrogens with zero attached hydrogens (tertiary/aromatic N) is 2. The molecule has 1 unspecified atom stereocenters. The minimum Gasteiger partial charge on any atom is -0.480 e. The predicted octanol–water partition coefficient (Wildman–Crippen LogP) is 1.51. The lowest BCUT2D eigenvalue weighted by molar-refractivity contribution is 0.389. The number of nitrogens with one attached hydrogen (secondary N) is 1. The molecule has 1 aromatic heterocycles. The van der Waals surface area contributed by atoms with Crippen molar-refractivity contribution in [2.45, 2.75) is 12.5 Å². The summed E-state index contributed by atoms with van der Waals surface area (Å²) in [5, 5.41) is 7.77. The third-order valence-electron chi connectivity index (χ3n) is 2.87. The zero-order chi connectivity index (χ0) is 14.5. The van der Waals surface area contributed by atoms with E-state index in [4.69, 9.17) is 10.6 Å². The highest BCUT2D eigenvalue weighted by Crippen LogP contribution is 2.19. The van der Waals surface area contributed by atoms with Crippen molar-refractivity contribution in [1.29, 1.82) is 0 Å². The van der Waals surface area contributed by atoms with Gasteiger partial charge in [-0.05, 0) is 24.1 Å². The van der Waals surface area contributed by atoms with Crippen LogP contribution in [-0.4, -0.2) is 17.3 Å². The van der Waals surface area contributed by atoms with Gasteiger partial charge in [-0.25, -0.2) is 8.78 Å². The van der Waals surface area contributed by atoms with E-state index < -0.39 is 17.7 Å². The molecule has 0 saturated heterocycles. The molecule has 0 bridgehead atoms. The van der Waals surface area contributed by atoms with Crippen molar-refractivity contribution >= 4 is 0 Å². The Morgan fingerprint density at radius 1 is 1.25 bits per heavy atom. The number of hydrogen-bond donors (Lipinski definition) is 2. The SMILES string of the molecule is COc1ccc(C(Cc2ccc(F)cc2F)NN)nn1. The van der Waals surface area contributed by atoms with E-state index in [-0.39, 0.29) is 6.42 Å². The van der Waals surface area contributed by atoms with E-state index >= 15 is 0 Å². The van der Waals surface area contributed by atoms with Crippen LogP contribution in [0, 0.1) is 11.6 Å². The highest BCUT2D eigenvalue weighted by Gasteiger charge is 2.15. The molecule has 0 aliphatic heterocycles. The number of benzene rings is 1. The fraction of sp³-hybridized carbons (Fsp3) is 0.231. The molecule has 0 aliphatic rings. The van der Waals surface area contributed by atoms with E-state index in [0.29, 0.717) is 17.1 Å². The fourth-order valence-electron chi connectivity index (χ4n) is 1.78. The van der Waals surface area contributed by atoms with Crippen LogP contribution < -0.4 is 16.0 Å². The summed E-state index contributed by atoms with van der Waals surface area (Å²) < 4.78 is 31.4. The summed E-state index contributed by atoms with van der Waals surface area (Å²) in [5.41, 5.74) is 3.42. The Morgan fingerprint density at radius 2 is 2.05 bits per heavy atom. The second-order valence-corrected chi connectivity index (χ2v) is 4.16. The van der Waals surface area contributed by atoms with Crippen molar-refractivity contribution in [3.63, 3.8) is 0 Å². The molecule has 106 valence electrons. The van der Waals surface area contributed by atoms with E-state index in [1.807, 2.05) is 0 Å². The Kier molecular flexibility index (Phi) is 4.54. The third-order valence-corrected chi connectivity index (χ3v) is 2.87. The summed E-state index contributed by atoms with van der Waals surface area (Å²) in [7, 11) is 1.48. The normalized spacial score (nSPS) is 12.2. The maximum atomic E-state index is 13.6. The molecule has 0 saturated carbocycles. The van der Waals surface area contributed by atoms with Crippen LogP contribution in [0.15, 0.2) is 30.3 Å². The topological polar surface area (TPSA) is 73.1 Å². The molecule has 3 N–H and O–H groups in total. The lowest BCUT2D eigenvalue weighted by Crippen LogP contribution is -2.30. The molecule has 2 aromatic rings. The molecule has 5 nitrogen and oxygen atoms in total. The predicted molar refractivity (Wildman–Crippen MR) is 68.7 cm³/mol. The molecule has 2 rings (SSSR count). The molecule has 1 atom stereocenters. The van der Waals surface area contributed by atoms with Gasteiger partial charge in [0.25, 0.3) is 0 Å². The molecular weight excluding hydrogens is 266 g/mol. The monoisotopic (exact) mass is 280 g/mol. The zero-order valence-corrected chi connectivity index (χ0v) is 10.8. The minimum atomic E-state index is -0.619. The zero-order valence-electron chi connectivity index (χ0n) is 10.8. The molecule has 0 spiro atoms. The maximum absolute atomic E-state index is 13.6. The van der Waals surface area contributed by atoms with E-state index in [1.165, 1.54) is 19.2 Å². The molecule has 1 heterocycles. The molecule has 1 aromatic carbocycles. The van der Waals surface area contributed by atoms with Gasteiger partial charge in [-0.2, -0.15) is 5.10 Å². The van der Waals surface area contributed by atoms with Crippen LogP contribution in [0.25, 0.3) is 0 Å². The van der Waals surface area contributed by atoms with E-state index in [2.05, 4.69) is 15.6 Å². The number of hydrogen-bond acceptors (Lipinski definition) is 5. The minimum absolute atomic E-state index is 0.226. The maximum Gasteiger partial charge on any atom is 0.233 e. The summed E-state index contributed by atoms with van der Waals surface area (Å²) in [6.45, 7) is 0. The summed E-state index contributed by atoms with van der Waals surface area (Å²) in [6.07, 6.45) is 0.226. The number of ether oxygens (including phenoxy) is 1. The molecular formula is C13H14F2N4O. The van der Waals surface area contributed by atoms with Gasteiger partial charge < -0.3 is 4.74 Å². The summed E-state index contributed by atoms with van der Waals surface area (Å²) in [5.74, 6) is 4.59. The van der Waals surface area contributed by atoms with E-state index in [0.717, 1.165) is 6.07 Å². The van der Waals surface area contributed by atoms with Gasteiger partial charge in [0.1, 0.15) is 11.6 Å². The largest absolute Gasteiger partial charge is 0.480 e. The van der Waals surface area contributed by atoms with Gasteiger partial charge in [0.05, 0.1) is 18.8 Å². The van der Waals surface area contributed by atoms with Crippen molar-refractivity contribution < 1.29 is 13.5 Å². The number of nitrogens with two attached hydrogens (primary N) is 1. The number of methoxy groups -OCH3 is 1. The third kappa shape index (κ3) is 3.25. The molecule has 0 amide bonds. The Bertz CT molecular complexity index is 577. The van der Waals surface area contributed by atoms with Gasteiger partial charge in [-0.1, -0.05) is 6.07 Å². The summed E-state index contributed by atoms with van der Waals surface area (Å²) in [4.78, 5) is 0. The van der Waals surface area contributed by atoms with Crippen molar-refractivity contribution in [3.8, 4) is 5.88 Å². The van der Waals surface area contributed by atoms with Crippen LogP contribution in [0.4, 0.5) is 8.78 Å². The molecule has 0 radical (unpaired) electrons. The van der Waals surface area contributed by atoms with Crippen molar-refractivity contribution in [2.75, 3.05) is 7.11 Å². The second-order valence-electron chi connectivity index (χ2n) is 4.16. The van der Waals surface area contributed by atoms with Gasteiger partial charge in [0.2, 0.25) is 5.88 Å². The van der Waals surface area contributed by atoms with Gasteiger partial charge in [-0.15, -0.1) is 5.10 Å². The smallest absolute Gasteiger partial charge is 0.233 e. The Morgan fingerprint density at radius 3 is 2.60 bits per heavy atom. The lowest BCUT2D eigenvalue weighted by Gasteiger charge is -2.15. The molecule has 0 fully saturated rings. The molecule has 0 aliphatic carbocycles. The van der Waals surface area contributed by atoms with Gasteiger partial charge in [0.15, 0.2) is 0 Å². The first kappa shape index (κ1) is 14.3. The first-order chi connectivity index (χ1) is 9.63. The average Bonchev–Trinajstić information content (AvgIpc) is 2.47. The lowest BCUT2D eigenvalue weighted by atomic mass is 10.0. The van der Waals surface area contributed by atoms with Crippen molar-refractivity contribution in [3.05, 3.63) is 53.2 Å². The van der Waals surface area contributed by atoms with Gasteiger partial charge in [0, 0.05) is 12.1 Å². The quantitative estimate of drug-likeness (QED) is 0.641. The molecule has 20 heavy (non-hydrogen) atoms. The number of halogens is 2. The van der Waals surface area contributed by atoms with Crippen LogP contribution in [0.1, 0.15) is 17.3 Å². The first-order valence-electron chi connectivity index (χ1n) is 5.91. The standard InChI is InChI=1S/C13H14F2N4O/c1-20-13-5-4-11(18-19-13)12(17-16)6-8-2-3-9(14)7-10(8)15/h2-5,7,12,17H,6,16H2,1H3. The van der Waals surface area contributed by atoms with Crippen LogP contribution in [0.2, 0.25) is 0 Å². The van der Waals surface area contributed by atoms with Crippen LogP contribution in [-0.2, 0) is 6.42 Å². The number of rotatable bonds is 5.